The van der Waals surface area contributed by atoms with Crippen LogP contribution in [0.5, 0.6) is 0 Å². The summed E-state index contributed by atoms with van der Waals surface area (Å²) in [7, 11) is 3.98. The van der Waals surface area contributed by atoms with Crippen LogP contribution in [0.1, 0.15) is 35.4 Å². The monoisotopic (exact) mass is 592 g/mol. The molecule has 0 saturated carbocycles. The number of likely N-dealkylation sites (tertiary alicyclic amines) is 1. The van der Waals surface area contributed by atoms with Gasteiger partial charge in [0.05, 0.1) is 17.8 Å². The number of aliphatic imine (C=N–C) groups is 1. The molecule has 0 radical (unpaired) electrons. The normalized spacial score (nSPS) is 14.9. The molecule has 8 nitrogen and oxygen atoms in total. The number of pyridine rings is 2. The molecule has 44 heavy (non-hydrogen) atoms. The second kappa shape index (κ2) is 11.9. The summed E-state index contributed by atoms with van der Waals surface area (Å²) in [6.45, 7) is 4.83. The largest absolute Gasteiger partial charge is 0.384 e. The minimum absolute atomic E-state index is 0.337. The number of benzene rings is 2. The van der Waals surface area contributed by atoms with Gasteiger partial charge in [-0.1, -0.05) is 12.1 Å². The first-order valence-electron chi connectivity index (χ1n) is 15.0. The first-order chi connectivity index (χ1) is 21.4. The van der Waals surface area contributed by atoms with Gasteiger partial charge in [0.1, 0.15) is 22.9 Å². The lowest BCUT2D eigenvalue weighted by atomic mass is 9.97. The van der Waals surface area contributed by atoms with E-state index < -0.39 is 0 Å². The number of fused-ring (bicyclic) bond motifs is 2. The number of halogens is 2. The Kier molecular flexibility index (Phi) is 7.61. The standard InChI is InChI=1S/C34H34F2N8/c1-43(2)12-9-38-26-15-23(14-25(35)16-26)31-32-28(7-8-39-31)41-34(42-32)33-29-22(19-40-33)5-6-27(30(29)36)24-13-21(17-37-18-24)20-44-10-3-4-11-44/h5-8,13-18,38H,3-4,9-12,19-20H2,1-2H3,(H,41,42). The molecule has 10 heteroatoms. The van der Waals surface area contributed by atoms with E-state index in [0.29, 0.717) is 63.7 Å². The topological polar surface area (TPSA) is 85.3 Å². The minimum Gasteiger partial charge on any atom is -0.384 e. The van der Waals surface area contributed by atoms with Crippen molar-refractivity contribution in [3.8, 4) is 22.4 Å². The zero-order chi connectivity index (χ0) is 30.2. The molecule has 7 rings (SSSR count). The molecule has 2 aliphatic heterocycles. The van der Waals surface area contributed by atoms with Gasteiger partial charge in [-0.3, -0.25) is 19.9 Å². The maximum atomic E-state index is 16.3. The van der Waals surface area contributed by atoms with Gasteiger partial charge in [-0.2, -0.15) is 0 Å². The Morgan fingerprint density at radius 2 is 1.86 bits per heavy atom. The highest BCUT2D eigenvalue weighted by molar-refractivity contribution is 6.15. The molecule has 1 fully saturated rings. The van der Waals surface area contributed by atoms with Gasteiger partial charge in [-0.15, -0.1) is 0 Å². The van der Waals surface area contributed by atoms with Crippen molar-refractivity contribution in [1.82, 2.24) is 29.7 Å². The molecule has 5 aromatic rings. The van der Waals surface area contributed by atoms with Crippen molar-refractivity contribution in [3.05, 3.63) is 95.2 Å². The van der Waals surface area contributed by atoms with E-state index in [1.165, 1.54) is 25.0 Å². The zero-order valence-electron chi connectivity index (χ0n) is 24.9. The van der Waals surface area contributed by atoms with Gasteiger partial charge in [-0.25, -0.2) is 13.8 Å². The van der Waals surface area contributed by atoms with Crippen LogP contribution in [0.25, 0.3) is 33.4 Å². The quantitative estimate of drug-likeness (QED) is 0.222. The summed E-state index contributed by atoms with van der Waals surface area (Å²) in [4.78, 5) is 26.3. The van der Waals surface area contributed by atoms with Crippen LogP contribution in [0, 0.1) is 11.6 Å². The number of rotatable bonds is 9. The fourth-order valence-electron chi connectivity index (χ4n) is 6.09. The third kappa shape index (κ3) is 5.58. The van der Waals surface area contributed by atoms with Gasteiger partial charge in [-0.05, 0) is 81.5 Å². The second-order valence-corrected chi connectivity index (χ2v) is 11.8. The lowest BCUT2D eigenvalue weighted by Gasteiger charge is -2.15. The lowest BCUT2D eigenvalue weighted by Crippen LogP contribution is -2.20. The summed E-state index contributed by atoms with van der Waals surface area (Å²) in [5, 5.41) is 3.28. The van der Waals surface area contributed by atoms with Crippen molar-refractivity contribution in [2.45, 2.75) is 25.9 Å². The maximum Gasteiger partial charge on any atom is 0.157 e. The van der Waals surface area contributed by atoms with Crippen LogP contribution >= 0.6 is 0 Å². The molecule has 224 valence electrons. The second-order valence-electron chi connectivity index (χ2n) is 11.8. The molecule has 2 N–H and O–H groups in total. The molecule has 1 saturated heterocycles. The van der Waals surface area contributed by atoms with Crippen LogP contribution in [-0.4, -0.2) is 75.7 Å². The summed E-state index contributed by atoms with van der Waals surface area (Å²) in [5.41, 5.74) is 7.10. The van der Waals surface area contributed by atoms with Gasteiger partial charge >= 0.3 is 0 Å². The Balaban J connectivity index is 1.22. The summed E-state index contributed by atoms with van der Waals surface area (Å²) in [6, 6.07) is 12.4. The van der Waals surface area contributed by atoms with Gasteiger partial charge in [0, 0.05) is 66.2 Å². The Bertz CT molecular complexity index is 1870. The van der Waals surface area contributed by atoms with Gasteiger partial charge in [0.15, 0.2) is 5.82 Å². The average Bonchev–Trinajstić information content (AvgIpc) is 3.77. The van der Waals surface area contributed by atoms with Gasteiger partial charge in [0.2, 0.25) is 0 Å². The van der Waals surface area contributed by atoms with Crippen molar-refractivity contribution in [2.24, 2.45) is 4.99 Å². The number of anilines is 1. The zero-order valence-corrected chi connectivity index (χ0v) is 24.9. The van der Waals surface area contributed by atoms with Crippen molar-refractivity contribution in [3.63, 3.8) is 0 Å². The molecule has 0 spiro atoms. The van der Waals surface area contributed by atoms with E-state index in [4.69, 9.17) is 9.98 Å². The van der Waals surface area contributed by atoms with Crippen LogP contribution in [-0.2, 0) is 13.1 Å². The van der Waals surface area contributed by atoms with Gasteiger partial charge in [0.25, 0.3) is 0 Å². The smallest absolute Gasteiger partial charge is 0.157 e. The molecule has 0 amide bonds. The summed E-state index contributed by atoms with van der Waals surface area (Å²) >= 11 is 0. The summed E-state index contributed by atoms with van der Waals surface area (Å²) in [5.74, 6) is -0.256. The Hall–Kier alpha value is -4.54. The van der Waals surface area contributed by atoms with E-state index in [1.807, 2.05) is 50.6 Å². The fraction of sp³-hybridized carbons (Fsp3) is 0.294. The first-order valence-corrected chi connectivity index (χ1v) is 15.0. The first kappa shape index (κ1) is 28.2. The van der Waals surface area contributed by atoms with E-state index in [0.717, 1.165) is 42.9 Å². The molecular formula is C34H34F2N8. The number of nitrogens with one attached hydrogen (secondary N) is 2. The van der Waals surface area contributed by atoms with Crippen LogP contribution in [0.15, 0.2) is 66.0 Å². The highest BCUT2D eigenvalue weighted by Crippen LogP contribution is 2.34. The number of hydrogen-bond donors (Lipinski definition) is 2. The predicted octanol–water partition coefficient (Wildman–Crippen LogP) is 5.89. The van der Waals surface area contributed by atoms with E-state index in [1.54, 1.807) is 12.4 Å². The average molecular weight is 593 g/mol. The highest BCUT2D eigenvalue weighted by atomic mass is 19.1. The molecule has 0 aliphatic carbocycles. The van der Waals surface area contributed by atoms with Crippen LogP contribution in [0.4, 0.5) is 14.5 Å². The van der Waals surface area contributed by atoms with Gasteiger partial charge < -0.3 is 15.2 Å². The van der Waals surface area contributed by atoms with E-state index >= 15 is 4.39 Å². The Morgan fingerprint density at radius 3 is 2.70 bits per heavy atom. The highest BCUT2D eigenvalue weighted by Gasteiger charge is 2.27. The van der Waals surface area contributed by atoms with Crippen LogP contribution in [0.3, 0.4) is 0 Å². The number of H-pyrrole nitrogens is 1. The maximum absolute atomic E-state index is 16.3. The molecule has 5 heterocycles. The molecule has 0 atom stereocenters. The Morgan fingerprint density at radius 1 is 1.00 bits per heavy atom. The number of hydrogen-bond acceptors (Lipinski definition) is 7. The van der Waals surface area contributed by atoms with E-state index in [9.17, 15) is 4.39 Å². The third-order valence-electron chi connectivity index (χ3n) is 8.27. The molecule has 3 aromatic heterocycles. The molecular weight excluding hydrogens is 558 g/mol. The summed E-state index contributed by atoms with van der Waals surface area (Å²) in [6.07, 6.45) is 7.67. The summed E-state index contributed by atoms with van der Waals surface area (Å²) < 4.78 is 31.0. The number of nitrogens with zero attached hydrogens (tertiary/aromatic N) is 6. The van der Waals surface area contributed by atoms with Crippen LogP contribution < -0.4 is 5.32 Å². The van der Waals surface area contributed by atoms with E-state index in [-0.39, 0.29) is 11.6 Å². The molecule has 2 aromatic carbocycles. The minimum atomic E-state index is -0.368. The fourth-order valence-corrected chi connectivity index (χ4v) is 6.09. The van der Waals surface area contributed by atoms with Crippen molar-refractivity contribution in [2.75, 3.05) is 45.6 Å². The van der Waals surface area contributed by atoms with Crippen molar-refractivity contribution >= 4 is 22.4 Å². The SMILES string of the molecule is CN(C)CCNc1cc(F)cc(-c2nccc3[nH]c(C4=NCc5ccc(-c6cncc(CN7CCCC7)c6)c(F)c54)nc23)c1. The number of aromatic nitrogens is 4. The molecule has 0 bridgehead atoms. The number of aromatic amines is 1. The molecule has 0 unspecified atom stereocenters. The van der Waals surface area contributed by atoms with Crippen LogP contribution in [0.2, 0.25) is 0 Å². The van der Waals surface area contributed by atoms with Crippen molar-refractivity contribution in [1.29, 1.82) is 0 Å². The Labute approximate surface area is 254 Å². The predicted molar refractivity (Wildman–Crippen MR) is 170 cm³/mol. The number of likely N-dealkylation sites (N-methyl/N-ethyl adjacent to an activating group) is 1. The lowest BCUT2D eigenvalue weighted by molar-refractivity contribution is 0.331. The molecule has 2 aliphatic rings. The van der Waals surface area contributed by atoms with Crippen molar-refractivity contribution < 1.29 is 8.78 Å². The number of imidazole rings is 1. The van der Waals surface area contributed by atoms with E-state index in [2.05, 4.69) is 30.1 Å². The third-order valence-corrected chi connectivity index (χ3v) is 8.27.